The molecule has 1 rings (SSSR count). The standard InChI is InChI=1S/C18H39N3/c1-8-10-18(5,14-19-17(2,3)4)15-21(7)13-16-9-11-20(6)12-16/h16,19H,8-15H2,1-7H3. The fourth-order valence-corrected chi connectivity index (χ4v) is 3.64. The van der Waals surface area contributed by atoms with Crippen LogP contribution in [0.5, 0.6) is 0 Å². The van der Waals surface area contributed by atoms with Crippen molar-refractivity contribution in [3.05, 3.63) is 0 Å². The Morgan fingerprint density at radius 2 is 1.90 bits per heavy atom. The van der Waals surface area contributed by atoms with E-state index in [1.165, 1.54) is 45.4 Å². The molecule has 0 amide bonds. The summed E-state index contributed by atoms with van der Waals surface area (Å²) in [6, 6.07) is 0. The van der Waals surface area contributed by atoms with Crippen LogP contribution < -0.4 is 5.32 Å². The number of hydrogen-bond donors (Lipinski definition) is 1. The van der Waals surface area contributed by atoms with E-state index in [9.17, 15) is 0 Å². The highest BCUT2D eigenvalue weighted by molar-refractivity contribution is 4.85. The molecular weight excluding hydrogens is 258 g/mol. The van der Waals surface area contributed by atoms with Crippen molar-refractivity contribution in [3.63, 3.8) is 0 Å². The van der Waals surface area contributed by atoms with Crippen LogP contribution in [0, 0.1) is 11.3 Å². The summed E-state index contributed by atoms with van der Waals surface area (Å²) in [5.74, 6) is 0.862. The highest BCUT2D eigenvalue weighted by atomic mass is 15.2. The molecule has 0 aromatic heterocycles. The van der Waals surface area contributed by atoms with Gasteiger partial charge in [-0.15, -0.1) is 0 Å². The molecule has 3 nitrogen and oxygen atoms in total. The van der Waals surface area contributed by atoms with Crippen LogP contribution in [0.15, 0.2) is 0 Å². The van der Waals surface area contributed by atoms with E-state index >= 15 is 0 Å². The predicted octanol–water partition coefficient (Wildman–Crippen LogP) is 3.06. The van der Waals surface area contributed by atoms with E-state index in [4.69, 9.17) is 0 Å². The van der Waals surface area contributed by atoms with Crippen molar-refractivity contribution in [2.24, 2.45) is 11.3 Å². The number of rotatable bonds is 8. The van der Waals surface area contributed by atoms with Crippen molar-refractivity contribution in [1.82, 2.24) is 15.1 Å². The van der Waals surface area contributed by atoms with Crippen LogP contribution in [0.3, 0.4) is 0 Å². The lowest BCUT2D eigenvalue weighted by Crippen LogP contribution is -2.47. The maximum absolute atomic E-state index is 3.72. The normalized spacial score (nSPS) is 23.7. The molecule has 0 saturated carbocycles. The quantitative estimate of drug-likeness (QED) is 0.743. The first-order valence-electron chi connectivity index (χ1n) is 8.76. The molecule has 0 aromatic rings. The molecule has 0 spiro atoms. The third-order valence-corrected chi connectivity index (χ3v) is 4.61. The van der Waals surface area contributed by atoms with Crippen molar-refractivity contribution < 1.29 is 0 Å². The van der Waals surface area contributed by atoms with E-state index in [1.807, 2.05) is 0 Å². The molecule has 2 atom stereocenters. The minimum Gasteiger partial charge on any atom is -0.311 e. The Bertz CT molecular complexity index is 297. The van der Waals surface area contributed by atoms with Crippen LogP contribution in [0.4, 0.5) is 0 Å². The SMILES string of the molecule is CCCC(C)(CNC(C)(C)C)CN(C)CC1CCN(C)C1. The lowest BCUT2D eigenvalue weighted by Gasteiger charge is -2.37. The van der Waals surface area contributed by atoms with Crippen LogP contribution in [-0.2, 0) is 0 Å². The summed E-state index contributed by atoms with van der Waals surface area (Å²) >= 11 is 0. The molecule has 126 valence electrons. The predicted molar refractivity (Wildman–Crippen MR) is 93.9 cm³/mol. The minimum absolute atomic E-state index is 0.210. The van der Waals surface area contributed by atoms with Crippen LogP contribution in [0.1, 0.15) is 53.9 Å². The fraction of sp³-hybridized carbons (Fsp3) is 1.00. The van der Waals surface area contributed by atoms with Gasteiger partial charge in [0.15, 0.2) is 0 Å². The lowest BCUT2D eigenvalue weighted by atomic mass is 9.84. The van der Waals surface area contributed by atoms with E-state index in [-0.39, 0.29) is 5.54 Å². The molecule has 1 aliphatic heterocycles. The van der Waals surface area contributed by atoms with Crippen molar-refractivity contribution in [1.29, 1.82) is 0 Å². The molecule has 1 N–H and O–H groups in total. The Morgan fingerprint density at radius 3 is 2.38 bits per heavy atom. The van der Waals surface area contributed by atoms with Gasteiger partial charge in [-0.1, -0.05) is 20.3 Å². The third kappa shape index (κ3) is 7.62. The van der Waals surface area contributed by atoms with E-state index in [1.54, 1.807) is 0 Å². The van der Waals surface area contributed by atoms with Gasteiger partial charge in [-0.2, -0.15) is 0 Å². The highest BCUT2D eigenvalue weighted by Gasteiger charge is 2.28. The summed E-state index contributed by atoms with van der Waals surface area (Å²) in [5.41, 5.74) is 0.586. The Morgan fingerprint density at radius 1 is 1.24 bits per heavy atom. The average Bonchev–Trinajstić information content (AvgIpc) is 2.71. The van der Waals surface area contributed by atoms with Gasteiger partial charge in [-0.05, 0) is 65.6 Å². The Labute approximate surface area is 133 Å². The fourth-order valence-electron chi connectivity index (χ4n) is 3.64. The third-order valence-electron chi connectivity index (χ3n) is 4.61. The van der Waals surface area contributed by atoms with Gasteiger partial charge in [0.25, 0.3) is 0 Å². The summed E-state index contributed by atoms with van der Waals surface area (Å²) in [4.78, 5) is 5.04. The van der Waals surface area contributed by atoms with Crippen LogP contribution in [0.25, 0.3) is 0 Å². The highest BCUT2D eigenvalue weighted by Crippen LogP contribution is 2.25. The largest absolute Gasteiger partial charge is 0.311 e. The molecule has 1 heterocycles. The maximum Gasteiger partial charge on any atom is 0.00967 e. The Hall–Kier alpha value is -0.120. The van der Waals surface area contributed by atoms with Crippen molar-refractivity contribution >= 4 is 0 Å². The Balaban J connectivity index is 2.47. The molecule has 3 heteroatoms. The molecule has 0 radical (unpaired) electrons. The summed E-state index contributed by atoms with van der Waals surface area (Å²) in [6.45, 7) is 17.6. The van der Waals surface area contributed by atoms with Gasteiger partial charge < -0.3 is 15.1 Å². The molecule has 2 unspecified atom stereocenters. The molecule has 1 aliphatic rings. The first-order chi connectivity index (χ1) is 9.63. The number of nitrogens with one attached hydrogen (secondary N) is 1. The number of hydrogen-bond acceptors (Lipinski definition) is 3. The van der Waals surface area contributed by atoms with E-state index < -0.39 is 0 Å². The summed E-state index contributed by atoms with van der Waals surface area (Å²) in [7, 11) is 4.55. The summed E-state index contributed by atoms with van der Waals surface area (Å²) in [5, 5.41) is 3.72. The zero-order valence-corrected chi connectivity index (χ0v) is 15.6. The van der Waals surface area contributed by atoms with Gasteiger partial charge >= 0.3 is 0 Å². The van der Waals surface area contributed by atoms with Crippen molar-refractivity contribution in [3.8, 4) is 0 Å². The van der Waals surface area contributed by atoms with Gasteiger partial charge in [-0.25, -0.2) is 0 Å². The molecule has 0 bridgehead atoms. The van der Waals surface area contributed by atoms with E-state index in [2.05, 4.69) is 63.8 Å². The molecule has 21 heavy (non-hydrogen) atoms. The van der Waals surface area contributed by atoms with Gasteiger partial charge in [0, 0.05) is 31.7 Å². The second-order valence-electron chi connectivity index (χ2n) is 8.78. The summed E-state index contributed by atoms with van der Waals surface area (Å²) in [6.07, 6.45) is 3.93. The van der Waals surface area contributed by atoms with E-state index in [0.29, 0.717) is 5.41 Å². The molecule has 1 fully saturated rings. The first kappa shape index (κ1) is 18.9. The zero-order valence-electron chi connectivity index (χ0n) is 15.6. The lowest BCUT2D eigenvalue weighted by molar-refractivity contribution is 0.148. The van der Waals surface area contributed by atoms with Crippen LogP contribution >= 0.6 is 0 Å². The maximum atomic E-state index is 3.72. The van der Waals surface area contributed by atoms with Gasteiger partial charge in [0.2, 0.25) is 0 Å². The molecular formula is C18H39N3. The van der Waals surface area contributed by atoms with Crippen molar-refractivity contribution in [2.75, 3.05) is 46.8 Å². The first-order valence-corrected chi connectivity index (χ1v) is 8.76. The minimum atomic E-state index is 0.210. The second-order valence-corrected chi connectivity index (χ2v) is 8.78. The molecule has 0 aromatic carbocycles. The van der Waals surface area contributed by atoms with Crippen molar-refractivity contribution in [2.45, 2.75) is 59.4 Å². The van der Waals surface area contributed by atoms with Gasteiger partial charge in [0.05, 0.1) is 0 Å². The topological polar surface area (TPSA) is 18.5 Å². The van der Waals surface area contributed by atoms with Gasteiger partial charge in [0.1, 0.15) is 0 Å². The number of likely N-dealkylation sites (tertiary alicyclic amines) is 1. The Kier molecular flexibility index (Phi) is 7.15. The van der Waals surface area contributed by atoms with Crippen LogP contribution in [0.2, 0.25) is 0 Å². The molecule has 1 saturated heterocycles. The second kappa shape index (κ2) is 7.94. The summed E-state index contributed by atoms with van der Waals surface area (Å²) < 4.78 is 0. The number of nitrogens with zero attached hydrogens (tertiary/aromatic N) is 2. The van der Waals surface area contributed by atoms with E-state index in [0.717, 1.165) is 12.5 Å². The smallest absolute Gasteiger partial charge is 0.00967 e. The van der Waals surface area contributed by atoms with Crippen LogP contribution in [-0.4, -0.2) is 62.2 Å². The molecule has 0 aliphatic carbocycles. The monoisotopic (exact) mass is 297 g/mol. The zero-order chi connectivity index (χ0) is 16.1. The average molecular weight is 298 g/mol. The van der Waals surface area contributed by atoms with Gasteiger partial charge in [-0.3, -0.25) is 0 Å².